The predicted molar refractivity (Wildman–Crippen MR) is 107 cm³/mol. The first kappa shape index (κ1) is 17.2. The van der Waals surface area contributed by atoms with Crippen LogP contribution in [-0.2, 0) is 16.1 Å². The molecule has 8 heteroatoms. The summed E-state index contributed by atoms with van der Waals surface area (Å²) in [6, 6.07) is 5.12. The largest absolute Gasteiger partial charge is 0.472 e. The number of aliphatic imine (C=N–C) groups is 1. The summed E-state index contributed by atoms with van der Waals surface area (Å²) in [5.41, 5.74) is 3.66. The molecule has 0 spiro atoms. The molecule has 28 heavy (non-hydrogen) atoms. The maximum Gasteiger partial charge on any atom is 0.222 e. The van der Waals surface area contributed by atoms with Crippen LogP contribution in [0.2, 0.25) is 0 Å². The van der Waals surface area contributed by atoms with Crippen LogP contribution in [0.5, 0.6) is 0 Å². The molecule has 0 aromatic carbocycles. The van der Waals surface area contributed by atoms with Crippen LogP contribution >= 0.6 is 0 Å². The van der Waals surface area contributed by atoms with Crippen molar-refractivity contribution >= 4 is 18.0 Å². The molecule has 0 unspecified atom stereocenters. The maximum atomic E-state index is 5.61. The molecule has 0 saturated carbocycles. The van der Waals surface area contributed by atoms with E-state index in [9.17, 15) is 0 Å². The molecule has 2 aromatic rings. The van der Waals surface area contributed by atoms with Gasteiger partial charge in [-0.05, 0) is 18.9 Å². The Kier molecular flexibility index (Phi) is 4.22. The molecule has 0 radical (unpaired) electrons. The lowest BCUT2D eigenvalue weighted by molar-refractivity contribution is -0.0114. The van der Waals surface area contributed by atoms with Gasteiger partial charge in [0, 0.05) is 30.9 Å². The summed E-state index contributed by atoms with van der Waals surface area (Å²) in [6.07, 6.45) is 5.53. The second-order valence-electron chi connectivity index (χ2n) is 7.19. The van der Waals surface area contributed by atoms with Crippen LogP contribution in [0.15, 0.2) is 48.1 Å². The standard InChI is InChI=1S/C20H22N6O2/c1-3-17-19-13(10-28-20(17)21-2)7-26(24-19)18-5-4-16(6-22-18)25-8-14(9-25)23-15-11-27-12-15/h3-7,14-15,23H,1-2,8-12H2. The van der Waals surface area contributed by atoms with Crippen molar-refractivity contribution in [2.24, 2.45) is 4.99 Å². The van der Waals surface area contributed by atoms with E-state index in [0.29, 0.717) is 24.6 Å². The lowest BCUT2D eigenvalue weighted by atomic mass is 10.1. The first-order chi connectivity index (χ1) is 13.7. The molecular weight excluding hydrogens is 356 g/mol. The maximum absolute atomic E-state index is 5.61. The van der Waals surface area contributed by atoms with Crippen molar-refractivity contribution in [1.29, 1.82) is 0 Å². The lowest BCUT2D eigenvalue weighted by Gasteiger charge is -2.44. The average Bonchev–Trinajstić information content (AvgIpc) is 3.09. The number of hydrogen-bond acceptors (Lipinski definition) is 7. The summed E-state index contributed by atoms with van der Waals surface area (Å²) in [4.78, 5) is 10.8. The molecule has 8 nitrogen and oxygen atoms in total. The van der Waals surface area contributed by atoms with Gasteiger partial charge in [-0.1, -0.05) is 12.7 Å². The Morgan fingerprint density at radius 1 is 1.25 bits per heavy atom. The van der Waals surface area contributed by atoms with E-state index in [1.54, 1.807) is 10.8 Å². The molecule has 0 bridgehead atoms. The highest BCUT2D eigenvalue weighted by Gasteiger charge is 2.31. The van der Waals surface area contributed by atoms with E-state index in [2.05, 4.69) is 44.7 Å². The van der Waals surface area contributed by atoms with Gasteiger partial charge < -0.3 is 19.7 Å². The molecule has 5 rings (SSSR count). The Balaban J connectivity index is 1.29. The van der Waals surface area contributed by atoms with Gasteiger partial charge in [-0.15, -0.1) is 0 Å². The van der Waals surface area contributed by atoms with E-state index < -0.39 is 0 Å². The van der Waals surface area contributed by atoms with Crippen molar-refractivity contribution in [2.75, 3.05) is 31.2 Å². The number of anilines is 1. The molecule has 144 valence electrons. The number of nitrogens with zero attached hydrogens (tertiary/aromatic N) is 5. The number of pyridine rings is 1. The van der Waals surface area contributed by atoms with E-state index >= 15 is 0 Å². The molecule has 3 aliphatic rings. The van der Waals surface area contributed by atoms with Crippen LogP contribution < -0.4 is 10.2 Å². The van der Waals surface area contributed by atoms with Crippen molar-refractivity contribution in [1.82, 2.24) is 20.1 Å². The van der Waals surface area contributed by atoms with Crippen molar-refractivity contribution < 1.29 is 9.47 Å². The quantitative estimate of drug-likeness (QED) is 0.769. The van der Waals surface area contributed by atoms with Gasteiger partial charge in [-0.3, -0.25) is 0 Å². The Morgan fingerprint density at radius 2 is 2.11 bits per heavy atom. The van der Waals surface area contributed by atoms with Crippen LogP contribution in [-0.4, -0.2) is 59.9 Å². The minimum atomic E-state index is 0.410. The fourth-order valence-electron chi connectivity index (χ4n) is 3.66. The molecule has 2 saturated heterocycles. The number of fused-ring (bicyclic) bond motifs is 1. The van der Waals surface area contributed by atoms with Gasteiger partial charge in [0.25, 0.3) is 0 Å². The molecule has 3 aliphatic heterocycles. The van der Waals surface area contributed by atoms with E-state index in [1.807, 2.05) is 18.5 Å². The topological polar surface area (TPSA) is 76.8 Å². The summed E-state index contributed by atoms with van der Waals surface area (Å²) in [7, 11) is 0. The number of aromatic nitrogens is 3. The Bertz CT molecular complexity index is 938. The number of allylic oxidation sites excluding steroid dienone is 2. The number of ether oxygens (including phenoxy) is 2. The first-order valence-electron chi connectivity index (χ1n) is 9.35. The van der Waals surface area contributed by atoms with Gasteiger partial charge in [0.05, 0.1) is 36.7 Å². The minimum Gasteiger partial charge on any atom is -0.472 e. The second-order valence-corrected chi connectivity index (χ2v) is 7.19. The fourth-order valence-corrected chi connectivity index (χ4v) is 3.66. The van der Waals surface area contributed by atoms with Crippen LogP contribution in [0.4, 0.5) is 5.69 Å². The number of hydrogen-bond donors (Lipinski definition) is 1. The third-order valence-electron chi connectivity index (χ3n) is 5.31. The zero-order chi connectivity index (χ0) is 19.1. The summed E-state index contributed by atoms with van der Waals surface area (Å²) in [5, 5.41) is 8.26. The predicted octanol–water partition coefficient (Wildman–Crippen LogP) is 1.53. The highest BCUT2D eigenvalue weighted by atomic mass is 16.5. The summed E-state index contributed by atoms with van der Waals surface area (Å²) >= 11 is 0. The highest BCUT2D eigenvalue weighted by Crippen LogP contribution is 2.30. The van der Waals surface area contributed by atoms with Crippen molar-refractivity contribution in [3.05, 3.63) is 54.3 Å². The first-order valence-corrected chi connectivity index (χ1v) is 9.35. The van der Waals surface area contributed by atoms with E-state index in [-0.39, 0.29) is 0 Å². The Hall–Kier alpha value is -2.97. The van der Waals surface area contributed by atoms with Crippen molar-refractivity contribution in [3.8, 4) is 5.82 Å². The summed E-state index contributed by atoms with van der Waals surface area (Å²) in [5.74, 6) is 1.22. The third-order valence-corrected chi connectivity index (χ3v) is 5.31. The fraction of sp³-hybridized carbons (Fsp3) is 0.350. The Labute approximate surface area is 163 Å². The van der Waals surface area contributed by atoms with Gasteiger partial charge >= 0.3 is 0 Å². The van der Waals surface area contributed by atoms with Gasteiger partial charge in [-0.2, -0.15) is 5.10 Å². The van der Waals surface area contributed by atoms with E-state index in [1.165, 1.54) is 0 Å². The van der Waals surface area contributed by atoms with E-state index in [0.717, 1.165) is 54.6 Å². The van der Waals surface area contributed by atoms with Crippen LogP contribution in [0.3, 0.4) is 0 Å². The monoisotopic (exact) mass is 378 g/mol. The second kappa shape index (κ2) is 6.88. The third kappa shape index (κ3) is 2.90. The molecule has 0 aliphatic carbocycles. The van der Waals surface area contributed by atoms with Crippen LogP contribution in [0.1, 0.15) is 11.3 Å². The molecule has 2 aromatic heterocycles. The highest BCUT2D eigenvalue weighted by molar-refractivity contribution is 5.76. The zero-order valence-corrected chi connectivity index (χ0v) is 15.5. The molecular formula is C20H22N6O2. The molecule has 1 N–H and O–H groups in total. The van der Waals surface area contributed by atoms with Crippen LogP contribution in [0.25, 0.3) is 11.4 Å². The number of rotatable bonds is 6. The SMILES string of the molecule is C=CC1=C(N=C)OCc2cn(-c3ccc(N4CC(NC5COC5)C4)cn3)nc21. The average molecular weight is 378 g/mol. The summed E-state index contributed by atoms with van der Waals surface area (Å²) < 4.78 is 12.6. The Morgan fingerprint density at radius 3 is 2.75 bits per heavy atom. The molecule has 5 heterocycles. The minimum absolute atomic E-state index is 0.410. The summed E-state index contributed by atoms with van der Waals surface area (Å²) in [6.45, 7) is 11.4. The normalized spacial score (nSPS) is 19.5. The number of nitrogens with one attached hydrogen (secondary N) is 1. The smallest absolute Gasteiger partial charge is 0.222 e. The van der Waals surface area contributed by atoms with Crippen molar-refractivity contribution in [2.45, 2.75) is 18.7 Å². The van der Waals surface area contributed by atoms with Gasteiger partial charge in [-0.25, -0.2) is 14.7 Å². The van der Waals surface area contributed by atoms with Gasteiger partial charge in [0.15, 0.2) is 5.82 Å². The van der Waals surface area contributed by atoms with Gasteiger partial charge in [0.1, 0.15) is 12.3 Å². The zero-order valence-electron chi connectivity index (χ0n) is 15.5. The van der Waals surface area contributed by atoms with Gasteiger partial charge in [0.2, 0.25) is 5.88 Å². The van der Waals surface area contributed by atoms with E-state index in [4.69, 9.17) is 9.47 Å². The molecule has 2 fully saturated rings. The lowest BCUT2D eigenvalue weighted by Crippen LogP contribution is -2.63. The van der Waals surface area contributed by atoms with Crippen molar-refractivity contribution in [3.63, 3.8) is 0 Å². The molecule has 0 atom stereocenters. The molecule has 0 amide bonds. The van der Waals surface area contributed by atoms with Crippen LogP contribution in [0, 0.1) is 0 Å².